The van der Waals surface area contributed by atoms with Crippen molar-refractivity contribution >= 4 is 35.7 Å². The number of piperazine rings is 1. The molecule has 2 aromatic carbocycles. The highest BCUT2D eigenvalue weighted by molar-refractivity contribution is 7.99. The number of amidine groups is 1. The zero-order chi connectivity index (χ0) is 18.5. The highest BCUT2D eigenvalue weighted by Crippen LogP contribution is 2.40. The van der Waals surface area contributed by atoms with Crippen molar-refractivity contribution in [2.45, 2.75) is 9.79 Å². The van der Waals surface area contributed by atoms with Gasteiger partial charge in [-0.1, -0.05) is 42.1 Å². The van der Waals surface area contributed by atoms with E-state index in [2.05, 4.69) is 58.3 Å². The molecule has 0 bridgehead atoms. The van der Waals surface area contributed by atoms with Gasteiger partial charge in [-0.25, -0.2) is 4.99 Å². The Hall–Kier alpha value is -1.57. The molecule has 1 N–H and O–H groups in total. The molecule has 5 nitrogen and oxygen atoms in total. The summed E-state index contributed by atoms with van der Waals surface area (Å²) in [4.78, 5) is 12.4. The fraction of sp³-hybridized carbons (Fsp3) is 0.381. The molecular weight excluding hydrogens is 394 g/mol. The van der Waals surface area contributed by atoms with Crippen molar-refractivity contribution in [1.82, 2.24) is 9.80 Å². The van der Waals surface area contributed by atoms with Gasteiger partial charge < -0.3 is 14.7 Å². The van der Waals surface area contributed by atoms with Crippen molar-refractivity contribution in [3.8, 4) is 0 Å². The quantitative estimate of drug-likeness (QED) is 0.753. The normalized spacial score (nSPS) is 16.5. The number of ether oxygens (including phenoxy) is 1. The Morgan fingerprint density at radius 2 is 1.64 bits per heavy atom. The van der Waals surface area contributed by atoms with Crippen LogP contribution in [-0.2, 0) is 4.74 Å². The van der Waals surface area contributed by atoms with Crippen LogP contribution in [0.2, 0.25) is 0 Å². The molecule has 0 radical (unpaired) electrons. The number of benzene rings is 2. The smallest absolute Gasteiger partial charge is 0.137 e. The Labute approximate surface area is 176 Å². The monoisotopic (exact) mass is 419 g/mol. The van der Waals surface area contributed by atoms with Gasteiger partial charge in [-0.2, -0.15) is 0 Å². The van der Waals surface area contributed by atoms with Crippen LogP contribution in [0.1, 0.15) is 5.56 Å². The average Bonchev–Trinajstić information content (AvgIpc) is 2.88. The van der Waals surface area contributed by atoms with E-state index in [0.29, 0.717) is 13.2 Å². The lowest BCUT2D eigenvalue weighted by molar-refractivity contribution is 0.0652. The molecule has 0 atom stereocenters. The minimum absolute atomic E-state index is 0. The molecule has 0 unspecified atom stereocenters. The van der Waals surface area contributed by atoms with Crippen LogP contribution in [0.3, 0.4) is 0 Å². The molecule has 2 aliphatic rings. The van der Waals surface area contributed by atoms with Crippen molar-refractivity contribution < 1.29 is 9.84 Å². The molecule has 2 heterocycles. The standard InChI is InChI=1S/C21H25N3O2S.ClH/c25-14-16-26-15-13-23-9-11-24(12-10-23)21-17-5-1-3-7-19(17)27-20-8-4-2-6-18(20)22-21;/h1-8,25H,9-16H2;1H. The third-order valence-corrected chi connectivity index (χ3v) is 6.04. The molecule has 0 aromatic heterocycles. The third-order valence-electron chi connectivity index (χ3n) is 4.90. The second-order valence-electron chi connectivity index (χ2n) is 6.67. The molecule has 28 heavy (non-hydrogen) atoms. The van der Waals surface area contributed by atoms with E-state index in [4.69, 9.17) is 14.8 Å². The molecule has 1 fully saturated rings. The van der Waals surface area contributed by atoms with Crippen LogP contribution in [0.4, 0.5) is 5.69 Å². The van der Waals surface area contributed by atoms with Crippen LogP contribution in [0, 0.1) is 0 Å². The molecule has 2 aromatic rings. The summed E-state index contributed by atoms with van der Waals surface area (Å²) in [6, 6.07) is 16.9. The van der Waals surface area contributed by atoms with Gasteiger partial charge in [0.1, 0.15) is 5.84 Å². The number of halogens is 1. The number of para-hydroxylation sites is 1. The van der Waals surface area contributed by atoms with E-state index < -0.39 is 0 Å². The average molecular weight is 420 g/mol. The first kappa shape index (κ1) is 21.1. The summed E-state index contributed by atoms with van der Waals surface area (Å²) in [5.41, 5.74) is 2.27. The Balaban J connectivity index is 0.00000225. The SMILES string of the molecule is Cl.OCCOCCN1CCN(C2=Nc3ccccc3Sc3ccccc32)CC1. The Morgan fingerprint density at radius 1 is 0.929 bits per heavy atom. The van der Waals surface area contributed by atoms with Crippen molar-refractivity contribution in [3.63, 3.8) is 0 Å². The molecular formula is C21H26ClN3O2S. The van der Waals surface area contributed by atoms with Gasteiger partial charge >= 0.3 is 0 Å². The number of fused-ring (bicyclic) bond motifs is 2. The largest absolute Gasteiger partial charge is 0.394 e. The molecule has 4 rings (SSSR count). The summed E-state index contributed by atoms with van der Waals surface area (Å²) in [5, 5.41) is 8.79. The first-order chi connectivity index (χ1) is 13.3. The summed E-state index contributed by atoms with van der Waals surface area (Å²) in [5.74, 6) is 1.08. The molecule has 7 heteroatoms. The number of hydrogen-bond acceptors (Lipinski definition) is 6. The zero-order valence-electron chi connectivity index (χ0n) is 15.8. The zero-order valence-corrected chi connectivity index (χ0v) is 17.4. The maximum absolute atomic E-state index is 8.79. The van der Waals surface area contributed by atoms with Gasteiger partial charge in [0.05, 0.1) is 25.5 Å². The minimum atomic E-state index is 0. The first-order valence-electron chi connectivity index (χ1n) is 9.46. The van der Waals surface area contributed by atoms with E-state index in [-0.39, 0.29) is 19.0 Å². The van der Waals surface area contributed by atoms with Gasteiger partial charge in [0.25, 0.3) is 0 Å². The van der Waals surface area contributed by atoms with Gasteiger partial charge in [-0.15, -0.1) is 12.4 Å². The van der Waals surface area contributed by atoms with Gasteiger partial charge in [0.2, 0.25) is 0 Å². The number of nitrogens with zero attached hydrogens (tertiary/aromatic N) is 3. The number of rotatable bonds is 5. The summed E-state index contributed by atoms with van der Waals surface area (Å²) in [7, 11) is 0. The molecule has 2 aliphatic heterocycles. The lowest BCUT2D eigenvalue weighted by Crippen LogP contribution is -2.49. The van der Waals surface area contributed by atoms with Crippen LogP contribution in [-0.4, -0.2) is 73.3 Å². The van der Waals surface area contributed by atoms with E-state index in [1.165, 1.54) is 15.4 Å². The minimum Gasteiger partial charge on any atom is -0.394 e. The van der Waals surface area contributed by atoms with E-state index in [0.717, 1.165) is 44.2 Å². The van der Waals surface area contributed by atoms with Crippen molar-refractivity contribution in [2.75, 3.05) is 52.5 Å². The summed E-state index contributed by atoms with van der Waals surface area (Å²) >= 11 is 1.80. The van der Waals surface area contributed by atoms with E-state index in [1.807, 2.05) is 0 Å². The first-order valence-corrected chi connectivity index (χ1v) is 10.3. The number of hydrogen-bond donors (Lipinski definition) is 1. The third kappa shape index (κ3) is 4.88. The van der Waals surface area contributed by atoms with Gasteiger partial charge in [0.15, 0.2) is 0 Å². The summed E-state index contributed by atoms with van der Waals surface area (Å²) in [6.45, 7) is 6.01. The Morgan fingerprint density at radius 3 is 2.43 bits per heavy atom. The van der Waals surface area contributed by atoms with Gasteiger partial charge in [-0.05, 0) is 18.2 Å². The molecule has 0 saturated carbocycles. The number of aliphatic imine (C=N–C) groups is 1. The predicted octanol–water partition coefficient (Wildman–Crippen LogP) is 3.28. The van der Waals surface area contributed by atoms with Crippen molar-refractivity contribution in [2.24, 2.45) is 4.99 Å². The lowest BCUT2D eigenvalue weighted by atomic mass is 10.1. The molecule has 0 aliphatic carbocycles. The highest BCUT2D eigenvalue weighted by atomic mass is 35.5. The Kier molecular flexibility index (Phi) is 7.76. The van der Waals surface area contributed by atoms with Gasteiger partial charge in [0, 0.05) is 48.1 Å². The van der Waals surface area contributed by atoms with Crippen LogP contribution in [0.5, 0.6) is 0 Å². The second-order valence-corrected chi connectivity index (χ2v) is 7.75. The second kappa shape index (κ2) is 10.3. The van der Waals surface area contributed by atoms with Crippen LogP contribution in [0.25, 0.3) is 0 Å². The number of aliphatic hydroxyl groups is 1. The van der Waals surface area contributed by atoms with E-state index in [1.54, 1.807) is 11.8 Å². The highest BCUT2D eigenvalue weighted by Gasteiger charge is 2.24. The fourth-order valence-electron chi connectivity index (χ4n) is 3.45. The maximum Gasteiger partial charge on any atom is 0.137 e. The lowest BCUT2D eigenvalue weighted by Gasteiger charge is -2.36. The topological polar surface area (TPSA) is 48.3 Å². The molecule has 0 spiro atoms. The fourth-order valence-corrected chi connectivity index (χ4v) is 4.47. The molecule has 0 amide bonds. The van der Waals surface area contributed by atoms with Crippen molar-refractivity contribution in [3.05, 3.63) is 54.1 Å². The molecule has 150 valence electrons. The molecule has 1 saturated heterocycles. The maximum atomic E-state index is 8.79. The van der Waals surface area contributed by atoms with Crippen LogP contribution in [0.15, 0.2) is 63.3 Å². The summed E-state index contributed by atoms with van der Waals surface area (Å²) < 4.78 is 5.40. The van der Waals surface area contributed by atoms with E-state index in [9.17, 15) is 0 Å². The van der Waals surface area contributed by atoms with E-state index >= 15 is 0 Å². The van der Waals surface area contributed by atoms with Crippen LogP contribution < -0.4 is 0 Å². The predicted molar refractivity (Wildman–Crippen MR) is 116 cm³/mol. The summed E-state index contributed by atoms with van der Waals surface area (Å²) in [6.07, 6.45) is 0. The number of aliphatic hydroxyl groups excluding tert-OH is 1. The Bertz CT molecular complexity index is 810. The van der Waals surface area contributed by atoms with Crippen LogP contribution >= 0.6 is 24.2 Å². The van der Waals surface area contributed by atoms with Gasteiger partial charge in [-0.3, -0.25) is 4.90 Å². The van der Waals surface area contributed by atoms with Crippen molar-refractivity contribution in [1.29, 1.82) is 0 Å².